The average Bonchev–Trinajstić information content (AvgIpc) is 2.65. The van der Waals surface area contributed by atoms with Gasteiger partial charge in [-0.3, -0.25) is 4.79 Å². The lowest BCUT2D eigenvalue weighted by molar-refractivity contribution is -0.120. The van der Waals surface area contributed by atoms with E-state index in [1.54, 1.807) is 16.7 Å². The van der Waals surface area contributed by atoms with Crippen LogP contribution in [0.25, 0.3) is 10.9 Å². The van der Waals surface area contributed by atoms with Crippen LogP contribution in [0.2, 0.25) is 0 Å². The monoisotopic (exact) mass is 415 g/mol. The molecule has 1 aliphatic heterocycles. The molecule has 0 saturated heterocycles. The summed E-state index contributed by atoms with van der Waals surface area (Å²) in [6.07, 6.45) is 1.45. The number of para-hydroxylation sites is 1. The topological polar surface area (TPSA) is 55.3 Å². The predicted molar refractivity (Wildman–Crippen MR) is 102 cm³/mol. The Morgan fingerprint density at radius 2 is 2.12 bits per heavy atom. The van der Waals surface area contributed by atoms with Crippen molar-refractivity contribution in [2.75, 3.05) is 23.8 Å². The summed E-state index contributed by atoms with van der Waals surface area (Å²) in [5, 5.41) is 0.777. The first-order valence-corrected chi connectivity index (χ1v) is 9.55. The van der Waals surface area contributed by atoms with Crippen LogP contribution in [0, 0.1) is 0 Å². The lowest BCUT2D eigenvalue weighted by Gasteiger charge is -2.28. The Labute approximate surface area is 157 Å². The van der Waals surface area contributed by atoms with Gasteiger partial charge in [0.15, 0.2) is 6.61 Å². The van der Waals surface area contributed by atoms with Gasteiger partial charge in [0, 0.05) is 21.7 Å². The Morgan fingerprint density at radius 1 is 1.24 bits per heavy atom. The van der Waals surface area contributed by atoms with Crippen molar-refractivity contribution in [3.05, 3.63) is 53.3 Å². The molecule has 0 aliphatic carbocycles. The molecular formula is C18H14BrN3O2S. The van der Waals surface area contributed by atoms with Crippen molar-refractivity contribution in [1.82, 2.24) is 9.97 Å². The van der Waals surface area contributed by atoms with Crippen molar-refractivity contribution in [1.29, 1.82) is 0 Å². The zero-order chi connectivity index (χ0) is 17.2. The first kappa shape index (κ1) is 16.4. The summed E-state index contributed by atoms with van der Waals surface area (Å²) in [4.78, 5) is 24.0. The maximum Gasteiger partial charge on any atom is 0.265 e. The molecule has 0 fully saturated rings. The number of rotatable bonds is 3. The van der Waals surface area contributed by atoms with Gasteiger partial charge >= 0.3 is 0 Å². The van der Waals surface area contributed by atoms with E-state index in [0.29, 0.717) is 12.4 Å². The number of amides is 1. The molecule has 1 aromatic heterocycles. The standard InChI is InChI=1S/C18H14BrN3O2S/c19-12-5-6-14-13(9-12)18(21-11-20-14)24-10-17(23)22-7-8-25-16-4-2-1-3-15(16)22/h1-6,9,11H,7-8,10H2. The van der Waals surface area contributed by atoms with E-state index in [1.807, 2.05) is 42.5 Å². The van der Waals surface area contributed by atoms with E-state index in [9.17, 15) is 4.79 Å². The number of hydrogen-bond acceptors (Lipinski definition) is 5. The van der Waals surface area contributed by atoms with Crippen LogP contribution in [0.4, 0.5) is 5.69 Å². The number of fused-ring (bicyclic) bond motifs is 2. The fraction of sp³-hybridized carbons (Fsp3) is 0.167. The van der Waals surface area contributed by atoms with Gasteiger partial charge in [-0.2, -0.15) is 0 Å². The minimum Gasteiger partial charge on any atom is -0.467 e. The zero-order valence-corrected chi connectivity index (χ0v) is 15.6. The molecule has 0 spiro atoms. The maximum atomic E-state index is 12.7. The lowest BCUT2D eigenvalue weighted by atomic mass is 10.2. The molecule has 3 aromatic rings. The van der Waals surface area contributed by atoms with E-state index >= 15 is 0 Å². The Kier molecular flexibility index (Phi) is 4.59. The zero-order valence-electron chi connectivity index (χ0n) is 13.2. The summed E-state index contributed by atoms with van der Waals surface area (Å²) in [5.74, 6) is 1.22. The number of ether oxygens (including phenoxy) is 1. The van der Waals surface area contributed by atoms with Crippen LogP contribution in [-0.2, 0) is 4.79 Å². The molecule has 0 radical (unpaired) electrons. The molecule has 5 nitrogen and oxygen atoms in total. The summed E-state index contributed by atoms with van der Waals surface area (Å²) < 4.78 is 6.64. The molecular weight excluding hydrogens is 402 g/mol. The van der Waals surface area contributed by atoms with E-state index in [2.05, 4.69) is 25.9 Å². The van der Waals surface area contributed by atoms with Crippen LogP contribution in [0.3, 0.4) is 0 Å². The molecule has 1 aliphatic rings. The molecule has 2 heterocycles. The van der Waals surface area contributed by atoms with Crippen molar-refractivity contribution in [2.24, 2.45) is 0 Å². The minimum atomic E-state index is -0.0745. The Balaban J connectivity index is 1.55. The summed E-state index contributed by atoms with van der Waals surface area (Å²) in [5.41, 5.74) is 1.73. The smallest absolute Gasteiger partial charge is 0.265 e. The average molecular weight is 416 g/mol. The number of aromatic nitrogens is 2. The fourth-order valence-corrected chi connectivity index (χ4v) is 4.11. The number of benzene rings is 2. The normalized spacial score (nSPS) is 13.6. The first-order valence-electron chi connectivity index (χ1n) is 7.77. The van der Waals surface area contributed by atoms with E-state index < -0.39 is 0 Å². The molecule has 0 N–H and O–H groups in total. The number of halogens is 1. The molecule has 0 unspecified atom stereocenters. The van der Waals surface area contributed by atoms with Crippen LogP contribution in [0.5, 0.6) is 5.88 Å². The second-order valence-electron chi connectivity index (χ2n) is 5.49. The van der Waals surface area contributed by atoms with Crippen LogP contribution >= 0.6 is 27.7 Å². The molecule has 4 rings (SSSR count). The first-order chi connectivity index (χ1) is 12.2. The van der Waals surface area contributed by atoms with Crippen molar-refractivity contribution < 1.29 is 9.53 Å². The largest absolute Gasteiger partial charge is 0.467 e. The van der Waals surface area contributed by atoms with Crippen molar-refractivity contribution in [3.8, 4) is 5.88 Å². The molecule has 25 heavy (non-hydrogen) atoms. The summed E-state index contributed by atoms with van der Waals surface area (Å²) in [6.45, 7) is 0.623. The highest BCUT2D eigenvalue weighted by atomic mass is 79.9. The van der Waals surface area contributed by atoms with E-state index in [-0.39, 0.29) is 12.5 Å². The van der Waals surface area contributed by atoms with E-state index in [4.69, 9.17) is 4.74 Å². The van der Waals surface area contributed by atoms with Gasteiger partial charge in [-0.15, -0.1) is 11.8 Å². The van der Waals surface area contributed by atoms with Crippen LogP contribution in [0.15, 0.2) is 58.2 Å². The molecule has 0 bridgehead atoms. The summed E-state index contributed by atoms with van der Waals surface area (Å²) in [6, 6.07) is 13.6. The van der Waals surface area contributed by atoms with Gasteiger partial charge in [-0.25, -0.2) is 9.97 Å². The Bertz CT molecular complexity index is 951. The highest BCUT2D eigenvalue weighted by molar-refractivity contribution is 9.10. The van der Waals surface area contributed by atoms with Crippen LogP contribution in [-0.4, -0.2) is 34.8 Å². The molecule has 126 valence electrons. The summed E-state index contributed by atoms with van der Waals surface area (Å²) >= 11 is 5.21. The number of anilines is 1. The fourth-order valence-electron chi connectivity index (χ4n) is 2.76. The van der Waals surface area contributed by atoms with Crippen molar-refractivity contribution in [2.45, 2.75) is 4.90 Å². The van der Waals surface area contributed by atoms with Gasteiger partial charge in [0.2, 0.25) is 5.88 Å². The number of nitrogens with zero attached hydrogens (tertiary/aromatic N) is 3. The molecule has 0 atom stereocenters. The highest BCUT2D eigenvalue weighted by Gasteiger charge is 2.23. The van der Waals surface area contributed by atoms with Crippen molar-refractivity contribution >= 4 is 50.2 Å². The van der Waals surface area contributed by atoms with Gasteiger partial charge in [-0.05, 0) is 30.3 Å². The van der Waals surface area contributed by atoms with Gasteiger partial charge in [0.25, 0.3) is 5.91 Å². The lowest BCUT2D eigenvalue weighted by Crippen LogP contribution is -2.38. The van der Waals surface area contributed by atoms with Crippen LogP contribution < -0.4 is 9.64 Å². The Hall–Kier alpha value is -2.12. The molecule has 2 aromatic carbocycles. The van der Waals surface area contributed by atoms with Gasteiger partial charge in [-0.1, -0.05) is 28.1 Å². The molecule has 1 amide bonds. The van der Waals surface area contributed by atoms with Gasteiger partial charge in [0.1, 0.15) is 6.33 Å². The number of carbonyl (C=O) groups excluding carboxylic acids is 1. The predicted octanol–water partition coefficient (Wildman–Crippen LogP) is 3.91. The van der Waals surface area contributed by atoms with Gasteiger partial charge in [0.05, 0.1) is 16.6 Å². The highest BCUT2D eigenvalue weighted by Crippen LogP contribution is 2.34. The van der Waals surface area contributed by atoms with Crippen LogP contribution in [0.1, 0.15) is 0 Å². The number of thioether (sulfide) groups is 1. The third kappa shape index (κ3) is 3.34. The second kappa shape index (κ2) is 7.01. The van der Waals surface area contributed by atoms with Crippen molar-refractivity contribution in [3.63, 3.8) is 0 Å². The summed E-state index contributed by atoms with van der Waals surface area (Å²) in [7, 11) is 0. The number of hydrogen-bond donors (Lipinski definition) is 0. The molecule has 7 heteroatoms. The third-order valence-electron chi connectivity index (χ3n) is 3.92. The van der Waals surface area contributed by atoms with Gasteiger partial charge < -0.3 is 9.64 Å². The number of carbonyl (C=O) groups is 1. The third-order valence-corrected chi connectivity index (χ3v) is 5.46. The quantitative estimate of drug-likeness (QED) is 0.648. The second-order valence-corrected chi connectivity index (χ2v) is 7.54. The van der Waals surface area contributed by atoms with E-state index in [0.717, 1.165) is 31.7 Å². The maximum absolute atomic E-state index is 12.7. The van der Waals surface area contributed by atoms with E-state index in [1.165, 1.54) is 6.33 Å². The minimum absolute atomic E-state index is 0.0579. The Morgan fingerprint density at radius 3 is 3.04 bits per heavy atom. The SMILES string of the molecule is O=C(COc1ncnc2ccc(Br)cc12)N1CCSc2ccccc21. The molecule has 0 saturated carbocycles.